The van der Waals surface area contributed by atoms with Crippen molar-refractivity contribution in [2.24, 2.45) is 0 Å². The highest BCUT2D eigenvalue weighted by molar-refractivity contribution is 7.99. The lowest BCUT2D eigenvalue weighted by Crippen LogP contribution is -2.49. The van der Waals surface area contributed by atoms with Crippen LogP contribution in [0.2, 0.25) is 0 Å². The summed E-state index contributed by atoms with van der Waals surface area (Å²) in [6, 6.07) is 8.03. The Labute approximate surface area is 205 Å². The molecule has 1 amide bonds. The number of piperazine rings is 1. The summed E-state index contributed by atoms with van der Waals surface area (Å²) in [5, 5.41) is 10.8. The van der Waals surface area contributed by atoms with Crippen LogP contribution in [0.5, 0.6) is 5.75 Å². The molecule has 0 spiro atoms. The van der Waals surface area contributed by atoms with Gasteiger partial charge in [0.15, 0.2) is 10.8 Å². The highest BCUT2D eigenvalue weighted by Crippen LogP contribution is 2.37. The molecule has 4 aromatic rings. The third-order valence-electron chi connectivity index (χ3n) is 6.71. The van der Waals surface area contributed by atoms with Gasteiger partial charge in [-0.25, -0.2) is 4.98 Å². The number of nitrogens with zero attached hydrogens (tertiary/aromatic N) is 6. The van der Waals surface area contributed by atoms with Crippen LogP contribution in [0, 0.1) is 0 Å². The summed E-state index contributed by atoms with van der Waals surface area (Å²) in [6.45, 7) is 2.97. The van der Waals surface area contributed by atoms with Gasteiger partial charge >= 0.3 is 0 Å². The van der Waals surface area contributed by atoms with E-state index in [4.69, 9.17) is 9.72 Å². The molecule has 4 heterocycles. The van der Waals surface area contributed by atoms with Gasteiger partial charge in [-0.3, -0.25) is 9.20 Å². The minimum Gasteiger partial charge on any atom is -0.495 e. The SMILES string of the molecule is COc1ccccc1N1CCN(C(=O)CSc2nnc3c4c5c(sc4ncn23)CCCC5)CC1. The third-order valence-corrected chi connectivity index (χ3v) is 8.84. The molecule has 0 atom stereocenters. The summed E-state index contributed by atoms with van der Waals surface area (Å²) in [5.74, 6) is 1.34. The number of thioether (sulfide) groups is 1. The van der Waals surface area contributed by atoms with Gasteiger partial charge in [0, 0.05) is 31.1 Å². The summed E-state index contributed by atoms with van der Waals surface area (Å²) in [6.07, 6.45) is 6.49. The summed E-state index contributed by atoms with van der Waals surface area (Å²) >= 11 is 3.23. The van der Waals surface area contributed by atoms with Crippen molar-refractivity contribution in [1.29, 1.82) is 0 Å². The number of ether oxygens (including phenoxy) is 1. The molecule has 1 aliphatic carbocycles. The van der Waals surface area contributed by atoms with E-state index in [0.717, 1.165) is 58.4 Å². The molecule has 1 fully saturated rings. The van der Waals surface area contributed by atoms with Crippen molar-refractivity contribution in [3.63, 3.8) is 0 Å². The number of hydrogen-bond acceptors (Lipinski definition) is 8. The van der Waals surface area contributed by atoms with Crippen molar-refractivity contribution in [2.75, 3.05) is 43.9 Å². The van der Waals surface area contributed by atoms with E-state index >= 15 is 0 Å². The predicted octanol–water partition coefficient (Wildman–Crippen LogP) is 3.67. The summed E-state index contributed by atoms with van der Waals surface area (Å²) < 4.78 is 7.44. The average molecular weight is 495 g/mol. The Bertz CT molecular complexity index is 1360. The Balaban J connectivity index is 1.13. The van der Waals surface area contributed by atoms with Crippen molar-refractivity contribution >= 4 is 50.6 Å². The Morgan fingerprint density at radius 2 is 1.94 bits per heavy atom. The van der Waals surface area contributed by atoms with Gasteiger partial charge < -0.3 is 14.5 Å². The monoisotopic (exact) mass is 494 g/mol. The zero-order valence-electron chi connectivity index (χ0n) is 19.1. The van der Waals surface area contributed by atoms with Crippen molar-refractivity contribution in [3.05, 3.63) is 41.0 Å². The number of hydrogen-bond donors (Lipinski definition) is 0. The highest BCUT2D eigenvalue weighted by Gasteiger charge is 2.24. The molecule has 8 nitrogen and oxygen atoms in total. The first-order chi connectivity index (χ1) is 16.7. The number of aryl methyl sites for hydroxylation is 2. The summed E-state index contributed by atoms with van der Waals surface area (Å²) in [5.41, 5.74) is 3.35. The molecule has 34 heavy (non-hydrogen) atoms. The van der Waals surface area contributed by atoms with Gasteiger partial charge in [-0.05, 0) is 43.4 Å². The first-order valence-electron chi connectivity index (χ1n) is 11.7. The average Bonchev–Trinajstić information content (AvgIpc) is 3.48. The molecule has 0 radical (unpaired) electrons. The molecule has 3 aromatic heterocycles. The maximum atomic E-state index is 12.9. The second-order valence-electron chi connectivity index (χ2n) is 8.64. The maximum absolute atomic E-state index is 12.9. The molecular formula is C24H26N6O2S2. The second-order valence-corrected chi connectivity index (χ2v) is 10.7. The van der Waals surface area contributed by atoms with E-state index in [2.05, 4.69) is 21.2 Å². The summed E-state index contributed by atoms with van der Waals surface area (Å²) in [7, 11) is 1.69. The van der Waals surface area contributed by atoms with Crippen LogP contribution in [0.4, 0.5) is 5.69 Å². The molecule has 0 bridgehead atoms. The third kappa shape index (κ3) is 3.78. The van der Waals surface area contributed by atoms with Gasteiger partial charge in [-0.1, -0.05) is 23.9 Å². The standard InChI is InChI=1S/C24H26N6O2S2/c1-32-18-8-4-3-7-17(18)28-10-12-29(13-11-28)20(31)14-33-24-27-26-22-21-16-6-2-5-9-19(16)34-23(21)25-15-30(22)24/h3-4,7-8,15H,2,5-6,9-14H2,1H3. The topological polar surface area (TPSA) is 75.9 Å². The molecule has 6 rings (SSSR count). The van der Waals surface area contributed by atoms with Gasteiger partial charge in [-0.15, -0.1) is 21.5 Å². The molecule has 10 heteroatoms. The van der Waals surface area contributed by atoms with Gasteiger partial charge in [0.2, 0.25) is 5.91 Å². The number of thiophene rings is 1. The Morgan fingerprint density at radius 1 is 1.12 bits per heavy atom. The van der Waals surface area contributed by atoms with Crippen LogP contribution < -0.4 is 9.64 Å². The Kier molecular flexibility index (Phi) is 5.78. The quantitative estimate of drug-likeness (QED) is 0.392. The minimum absolute atomic E-state index is 0.128. The van der Waals surface area contributed by atoms with E-state index in [1.54, 1.807) is 24.8 Å². The van der Waals surface area contributed by atoms with E-state index in [1.807, 2.05) is 27.5 Å². The number of amides is 1. The molecule has 1 aliphatic heterocycles. The molecule has 176 valence electrons. The van der Waals surface area contributed by atoms with Crippen molar-refractivity contribution in [3.8, 4) is 5.75 Å². The number of fused-ring (bicyclic) bond motifs is 5. The molecule has 2 aliphatic rings. The minimum atomic E-state index is 0.128. The number of rotatable bonds is 5. The number of anilines is 1. The molecule has 1 saturated heterocycles. The lowest BCUT2D eigenvalue weighted by molar-refractivity contribution is -0.128. The fourth-order valence-electron chi connectivity index (χ4n) is 4.94. The van der Waals surface area contributed by atoms with Crippen LogP contribution >= 0.6 is 23.1 Å². The molecule has 0 N–H and O–H groups in total. The fourth-order valence-corrected chi connectivity index (χ4v) is 6.97. The Morgan fingerprint density at radius 3 is 2.79 bits per heavy atom. The van der Waals surface area contributed by atoms with Gasteiger partial charge in [0.1, 0.15) is 16.9 Å². The second kappa shape index (κ2) is 9.07. The maximum Gasteiger partial charge on any atom is 0.233 e. The number of para-hydroxylation sites is 2. The molecule has 1 aromatic carbocycles. The number of benzene rings is 1. The van der Waals surface area contributed by atoms with E-state index in [-0.39, 0.29) is 5.91 Å². The fraction of sp³-hybridized carbons (Fsp3) is 0.417. The highest BCUT2D eigenvalue weighted by atomic mass is 32.2. The largest absolute Gasteiger partial charge is 0.495 e. The van der Waals surface area contributed by atoms with Crippen LogP contribution in [-0.4, -0.2) is 69.4 Å². The smallest absolute Gasteiger partial charge is 0.233 e. The normalized spacial score (nSPS) is 16.3. The first kappa shape index (κ1) is 21.7. The Hall–Kier alpha value is -2.85. The van der Waals surface area contributed by atoms with Crippen LogP contribution in [0.15, 0.2) is 35.7 Å². The van der Waals surface area contributed by atoms with Crippen molar-refractivity contribution in [2.45, 2.75) is 30.8 Å². The van der Waals surface area contributed by atoms with E-state index in [0.29, 0.717) is 18.8 Å². The summed E-state index contributed by atoms with van der Waals surface area (Å²) in [4.78, 5) is 24.4. The van der Waals surface area contributed by atoms with E-state index in [9.17, 15) is 4.79 Å². The van der Waals surface area contributed by atoms with Crippen molar-refractivity contribution < 1.29 is 9.53 Å². The van der Waals surface area contributed by atoms with E-state index < -0.39 is 0 Å². The van der Waals surface area contributed by atoms with Crippen molar-refractivity contribution in [1.82, 2.24) is 24.5 Å². The molecule has 0 saturated carbocycles. The number of aromatic nitrogens is 4. The zero-order chi connectivity index (χ0) is 23.1. The van der Waals surface area contributed by atoms with Crippen LogP contribution in [0.1, 0.15) is 23.3 Å². The molecular weight excluding hydrogens is 468 g/mol. The van der Waals surface area contributed by atoms with Crippen LogP contribution in [0.3, 0.4) is 0 Å². The lowest BCUT2D eigenvalue weighted by atomic mass is 9.97. The molecule has 0 unspecified atom stereocenters. The van der Waals surface area contributed by atoms with E-state index in [1.165, 1.54) is 35.0 Å². The number of carbonyl (C=O) groups excluding carboxylic acids is 1. The zero-order valence-corrected chi connectivity index (χ0v) is 20.7. The first-order valence-corrected chi connectivity index (χ1v) is 13.5. The number of methoxy groups -OCH3 is 1. The van der Waals surface area contributed by atoms with Gasteiger partial charge in [-0.2, -0.15) is 0 Å². The van der Waals surface area contributed by atoms with Gasteiger partial charge in [0.25, 0.3) is 0 Å². The predicted molar refractivity (Wildman–Crippen MR) is 135 cm³/mol. The van der Waals surface area contributed by atoms with Gasteiger partial charge in [0.05, 0.1) is 23.9 Å². The van der Waals surface area contributed by atoms with Crippen LogP contribution in [0.25, 0.3) is 15.9 Å². The number of carbonyl (C=O) groups is 1. The van der Waals surface area contributed by atoms with Crippen LogP contribution in [-0.2, 0) is 17.6 Å². The lowest BCUT2D eigenvalue weighted by Gasteiger charge is -2.36.